The van der Waals surface area contributed by atoms with Crippen LogP contribution in [0, 0.1) is 6.92 Å². The molecule has 0 spiro atoms. The van der Waals surface area contributed by atoms with Gasteiger partial charge in [0.2, 0.25) is 11.8 Å². The van der Waals surface area contributed by atoms with Crippen molar-refractivity contribution in [2.75, 3.05) is 32.1 Å². The minimum atomic E-state index is -4.30. The largest absolute Gasteiger partial charge is 0.493 e. The number of hydrogen-bond donors (Lipinski definition) is 1. The highest BCUT2D eigenvalue weighted by Crippen LogP contribution is 2.32. The maximum Gasteiger partial charge on any atom is 0.264 e. The number of rotatable bonds is 13. The molecule has 4 rings (SSSR count). The van der Waals surface area contributed by atoms with Gasteiger partial charge in [0.1, 0.15) is 12.6 Å². The predicted molar refractivity (Wildman–Crippen MR) is 178 cm³/mol. The van der Waals surface area contributed by atoms with Gasteiger partial charge in [0.15, 0.2) is 11.5 Å². The van der Waals surface area contributed by atoms with Gasteiger partial charge in [-0.15, -0.1) is 0 Å². The van der Waals surface area contributed by atoms with E-state index in [4.69, 9.17) is 9.47 Å². The van der Waals surface area contributed by atoms with Crippen LogP contribution in [-0.4, -0.2) is 59.0 Å². The Morgan fingerprint density at radius 1 is 0.844 bits per heavy atom. The van der Waals surface area contributed by atoms with Gasteiger partial charge in [-0.05, 0) is 54.4 Å². The Morgan fingerprint density at radius 3 is 2.09 bits per heavy atom. The van der Waals surface area contributed by atoms with E-state index in [0.717, 1.165) is 25.5 Å². The van der Waals surface area contributed by atoms with Crippen molar-refractivity contribution in [3.63, 3.8) is 0 Å². The third kappa shape index (κ3) is 8.23. The van der Waals surface area contributed by atoms with Gasteiger partial charge in [-0.1, -0.05) is 76.1 Å². The second kappa shape index (κ2) is 15.1. The Bertz CT molecular complexity index is 1720. The van der Waals surface area contributed by atoms with Gasteiger partial charge in [-0.25, -0.2) is 8.42 Å². The molecule has 0 heterocycles. The number of benzene rings is 4. The van der Waals surface area contributed by atoms with E-state index >= 15 is 0 Å². The average molecular weight is 695 g/mol. The molecular weight excluding hydrogens is 658 g/mol. The molecule has 1 atom stereocenters. The third-order valence-corrected chi connectivity index (χ3v) is 9.63. The number of nitrogens with zero attached hydrogens (tertiary/aromatic N) is 2. The summed E-state index contributed by atoms with van der Waals surface area (Å²) in [5.74, 6) is -0.321. The molecule has 0 aliphatic heterocycles. The zero-order valence-electron chi connectivity index (χ0n) is 25.6. The van der Waals surface area contributed by atoms with Crippen LogP contribution in [0.4, 0.5) is 5.69 Å². The summed E-state index contributed by atoms with van der Waals surface area (Å²) >= 11 is 3.44. The van der Waals surface area contributed by atoms with Crippen LogP contribution in [-0.2, 0) is 32.6 Å². The fourth-order valence-electron chi connectivity index (χ4n) is 4.85. The zero-order chi connectivity index (χ0) is 32.6. The number of ether oxygens (including phenoxy) is 2. The van der Waals surface area contributed by atoms with Crippen molar-refractivity contribution in [2.24, 2.45) is 0 Å². The molecule has 0 aliphatic rings. The number of hydrogen-bond acceptors (Lipinski definition) is 6. The highest BCUT2D eigenvalue weighted by atomic mass is 79.9. The number of carbonyl (C=O) groups excluding carboxylic acids is 2. The maximum atomic E-state index is 14.4. The molecule has 0 unspecified atom stereocenters. The molecule has 11 heteroatoms. The van der Waals surface area contributed by atoms with Gasteiger partial charge in [0, 0.05) is 30.6 Å². The van der Waals surface area contributed by atoms with E-state index in [0.29, 0.717) is 11.4 Å². The second-order valence-corrected chi connectivity index (χ2v) is 13.1. The first kappa shape index (κ1) is 33.5. The summed E-state index contributed by atoms with van der Waals surface area (Å²) in [6.07, 6.45) is 0.232. The van der Waals surface area contributed by atoms with Crippen molar-refractivity contribution in [3.05, 3.63) is 118 Å². The molecule has 0 bridgehead atoms. The summed E-state index contributed by atoms with van der Waals surface area (Å²) in [5, 5.41) is 2.69. The SMILES string of the molecule is CNC(=O)[C@@H](Cc1ccccc1)N(Cc1ccc(Br)cc1)C(=O)CN(c1ccc(C)cc1)S(=O)(=O)c1ccc(OC)c(OC)c1. The Morgan fingerprint density at radius 2 is 1.49 bits per heavy atom. The van der Waals surface area contributed by atoms with Gasteiger partial charge in [-0.2, -0.15) is 0 Å². The van der Waals surface area contributed by atoms with Crippen molar-refractivity contribution in [3.8, 4) is 11.5 Å². The molecule has 0 saturated heterocycles. The molecule has 0 aliphatic carbocycles. The zero-order valence-corrected chi connectivity index (χ0v) is 28.0. The Kier molecular flexibility index (Phi) is 11.2. The number of aryl methyl sites for hydroxylation is 1. The summed E-state index contributed by atoms with van der Waals surface area (Å²) in [7, 11) is 0.0959. The molecule has 4 aromatic rings. The number of anilines is 1. The van der Waals surface area contributed by atoms with E-state index in [1.807, 2.05) is 61.5 Å². The average Bonchev–Trinajstić information content (AvgIpc) is 3.06. The number of nitrogens with one attached hydrogen (secondary N) is 1. The number of likely N-dealkylation sites (N-methyl/N-ethyl adjacent to an activating group) is 1. The van der Waals surface area contributed by atoms with E-state index in [-0.39, 0.29) is 29.5 Å². The topological polar surface area (TPSA) is 105 Å². The van der Waals surface area contributed by atoms with Crippen LogP contribution in [0.1, 0.15) is 16.7 Å². The van der Waals surface area contributed by atoms with Crippen molar-refractivity contribution in [2.45, 2.75) is 30.8 Å². The smallest absolute Gasteiger partial charge is 0.264 e. The van der Waals surface area contributed by atoms with Gasteiger partial charge in [-0.3, -0.25) is 13.9 Å². The minimum absolute atomic E-state index is 0.0785. The Labute approximate surface area is 273 Å². The summed E-state index contributed by atoms with van der Waals surface area (Å²) in [4.78, 5) is 29.1. The van der Waals surface area contributed by atoms with Crippen molar-refractivity contribution < 1.29 is 27.5 Å². The molecule has 0 radical (unpaired) electrons. The Balaban J connectivity index is 1.80. The summed E-state index contributed by atoms with van der Waals surface area (Å²) in [6, 6.07) is 27.0. The monoisotopic (exact) mass is 693 g/mol. The lowest BCUT2D eigenvalue weighted by Gasteiger charge is -2.33. The summed E-state index contributed by atoms with van der Waals surface area (Å²) < 4.78 is 41.1. The minimum Gasteiger partial charge on any atom is -0.493 e. The second-order valence-electron chi connectivity index (χ2n) is 10.3. The van der Waals surface area contributed by atoms with Gasteiger partial charge in [0.25, 0.3) is 10.0 Å². The quantitative estimate of drug-likeness (QED) is 0.202. The van der Waals surface area contributed by atoms with Crippen LogP contribution in [0.25, 0.3) is 0 Å². The molecule has 2 amide bonds. The van der Waals surface area contributed by atoms with Crippen LogP contribution in [0.15, 0.2) is 106 Å². The van der Waals surface area contributed by atoms with Crippen LogP contribution < -0.4 is 19.1 Å². The highest BCUT2D eigenvalue weighted by Gasteiger charge is 2.34. The molecule has 45 heavy (non-hydrogen) atoms. The third-order valence-electron chi connectivity index (χ3n) is 7.33. The lowest BCUT2D eigenvalue weighted by molar-refractivity contribution is -0.139. The van der Waals surface area contributed by atoms with Crippen LogP contribution >= 0.6 is 15.9 Å². The van der Waals surface area contributed by atoms with E-state index < -0.39 is 28.5 Å². The molecule has 1 N–H and O–H groups in total. The van der Waals surface area contributed by atoms with Crippen LogP contribution in [0.3, 0.4) is 0 Å². The van der Waals surface area contributed by atoms with Gasteiger partial charge < -0.3 is 19.7 Å². The van der Waals surface area contributed by atoms with E-state index in [1.54, 1.807) is 24.3 Å². The first-order valence-electron chi connectivity index (χ1n) is 14.2. The molecule has 9 nitrogen and oxygen atoms in total. The van der Waals surface area contributed by atoms with Crippen molar-refractivity contribution in [1.82, 2.24) is 10.2 Å². The van der Waals surface area contributed by atoms with E-state index in [1.165, 1.54) is 44.4 Å². The summed E-state index contributed by atoms with van der Waals surface area (Å²) in [6.45, 7) is 1.41. The molecule has 4 aromatic carbocycles. The molecular formula is C34H36BrN3O6S. The van der Waals surface area contributed by atoms with E-state index in [9.17, 15) is 18.0 Å². The van der Waals surface area contributed by atoms with Crippen LogP contribution in [0.5, 0.6) is 11.5 Å². The number of carbonyl (C=O) groups is 2. The first-order chi connectivity index (χ1) is 21.6. The van der Waals surface area contributed by atoms with Gasteiger partial charge in [0.05, 0.1) is 24.8 Å². The maximum absolute atomic E-state index is 14.4. The normalized spacial score (nSPS) is 11.8. The number of amides is 2. The van der Waals surface area contributed by atoms with Crippen molar-refractivity contribution in [1.29, 1.82) is 0 Å². The van der Waals surface area contributed by atoms with Gasteiger partial charge >= 0.3 is 0 Å². The van der Waals surface area contributed by atoms with Crippen LogP contribution in [0.2, 0.25) is 0 Å². The lowest BCUT2D eigenvalue weighted by atomic mass is 10.0. The number of methoxy groups -OCH3 is 2. The highest BCUT2D eigenvalue weighted by molar-refractivity contribution is 9.10. The summed E-state index contributed by atoms with van der Waals surface area (Å²) in [5.41, 5.74) is 2.85. The fraction of sp³-hybridized carbons (Fsp3) is 0.235. The number of halogens is 1. The van der Waals surface area contributed by atoms with Crippen molar-refractivity contribution >= 4 is 43.5 Å². The predicted octanol–water partition coefficient (Wildman–Crippen LogP) is 5.36. The lowest BCUT2D eigenvalue weighted by Crippen LogP contribution is -2.53. The first-order valence-corrected chi connectivity index (χ1v) is 16.4. The molecule has 0 aromatic heterocycles. The Hall–Kier alpha value is -4.35. The molecule has 0 fully saturated rings. The number of sulfonamides is 1. The molecule has 0 saturated carbocycles. The fourth-order valence-corrected chi connectivity index (χ4v) is 6.55. The standard InChI is InChI=1S/C34H36BrN3O6S/c1-24-10-16-28(17-11-24)38(45(41,42)29-18-19-31(43-3)32(21-29)44-4)23-33(39)37(22-26-12-14-27(35)15-13-26)30(34(40)36-2)20-25-8-6-5-7-9-25/h5-19,21,30H,20,22-23H2,1-4H3,(H,36,40)/t30-/m1/s1. The molecule has 236 valence electrons. The van der Waals surface area contributed by atoms with E-state index in [2.05, 4.69) is 21.2 Å².